The van der Waals surface area contributed by atoms with Crippen molar-refractivity contribution in [1.29, 1.82) is 0 Å². The van der Waals surface area contributed by atoms with Crippen LogP contribution in [0.5, 0.6) is 0 Å². The van der Waals surface area contributed by atoms with Crippen LogP contribution >= 0.6 is 0 Å². The van der Waals surface area contributed by atoms with Crippen molar-refractivity contribution >= 4 is 0 Å². The molecular weight excluding hydrogens is 134 g/mol. The minimum atomic E-state index is 0.212. The van der Waals surface area contributed by atoms with Crippen LogP contribution in [-0.4, -0.2) is 5.54 Å². The average Bonchev–Trinajstić information content (AvgIpc) is 2.39. The van der Waals surface area contributed by atoms with E-state index in [-0.39, 0.29) is 5.54 Å². The number of hydrogen-bond donors (Lipinski definition) is 1. The van der Waals surface area contributed by atoms with Gasteiger partial charge in [-0.05, 0) is 18.8 Å². The van der Waals surface area contributed by atoms with Gasteiger partial charge in [-0.15, -0.1) is 0 Å². The van der Waals surface area contributed by atoms with Gasteiger partial charge in [0.1, 0.15) is 0 Å². The van der Waals surface area contributed by atoms with Crippen LogP contribution < -0.4 is 5.73 Å². The maximum absolute atomic E-state index is 6.32. The lowest BCUT2D eigenvalue weighted by Gasteiger charge is -2.32. The maximum atomic E-state index is 6.32. The van der Waals surface area contributed by atoms with Crippen molar-refractivity contribution in [3.8, 4) is 0 Å². The molecule has 1 rings (SSSR count). The van der Waals surface area contributed by atoms with Crippen LogP contribution in [0.4, 0.5) is 0 Å². The van der Waals surface area contributed by atoms with E-state index in [2.05, 4.69) is 13.8 Å². The molecule has 1 aliphatic rings. The first kappa shape index (κ1) is 9.05. The predicted molar refractivity (Wildman–Crippen MR) is 49.5 cm³/mol. The molecule has 66 valence electrons. The molecule has 1 fully saturated rings. The zero-order chi connectivity index (χ0) is 8.32. The highest BCUT2D eigenvalue weighted by molar-refractivity contribution is 4.93. The maximum Gasteiger partial charge on any atom is 0.0182 e. The summed E-state index contributed by atoms with van der Waals surface area (Å²) in [5.74, 6) is 0.769. The summed E-state index contributed by atoms with van der Waals surface area (Å²) in [6.07, 6.45) is 7.75. The quantitative estimate of drug-likeness (QED) is 0.666. The Morgan fingerprint density at radius 3 is 2.00 bits per heavy atom. The van der Waals surface area contributed by atoms with Crippen LogP contribution in [0.25, 0.3) is 0 Å². The van der Waals surface area contributed by atoms with E-state index in [1.807, 2.05) is 0 Å². The molecule has 0 aromatic heterocycles. The molecule has 0 aliphatic heterocycles. The summed E-state index contributed by atoms with van der Waals surface area (Å²) in [6.45, 7) is 4.53. The third-order valence-corrected chi connectivity index (χ3v) is 3.33. The molecule has 0 bridgehead atoms. The molecule has 0 saturated heterocycles. The molecule has 1 aliphatic carbocycles. The van der Waals surface area contributed by atoms with Crippen molar-refractivity contribution in [2.45, 2.75) is 57.9 Å². The van der Waals surface area contributed by atoms with E-state index in [0.717, 1.165) is 5.92 Å². The highest BCUT2D eigenvalue weighted by atomic mass is 14.8. The molecule has 0 unspecified atom stereocenters. The molecule has 2 N–H and O–H groups in total. The molecule has 0 radical (unpaired) electrons. The lowest BCUT2D eigenvalue weighted by Crippen LogP contribution is -2.43. The second-order valence-corrected chi connectivity index (χ2v) is 3.95. The van der Waals surface area contributed by atoms with Gasteiger partial charge in [-0.25, -0.2) is 0 Å². The van der Waals surface area contributed by atoms with E-state index in [1.165, 1.54) is 38.5 Å². The van der Waals surface area contributed by atoms with E-state index in [4.69, 9.17) is 5.73 Å². The molecule has 1 nitrogen and oxygen atoms in total. The van der Waals surface area contributed by atoms with E-state index >= 15 is 0 Å². The van der Waals surface area contributed by atoms with E-state index in [0.29, 0.717) is 0 Å². The fourth-order valence-corrected chi connectivity index (χ4v) is 2.54. The first-order valence-corrected chi connectivity index (χ1v) is 5.02. The second-order valence-electron chi connectivity index (χ2n) is 3.95. The summed E-state index contributed by atoms with van der Waals surface area (Å²) >= 11 is 0. The van der Waals surface area contributed by atoms with Crippen molar-refractivity contribution in [3.63, 3.8) is 0 Å². The van der Waals surface area contributed by atoms with Crippen LogP contribution in [0.2, 0.25) is 0 Å². The highest BCUT2D eigenvalue weighted by Crippen LogP contribution is 2.36. The molecule has 1 heteroatoms. The fourth-order valence-electron chi connectivity index (χ4n) is 2.54. The summed E-state index contributed by atoms with van der Waals surface area (Å²) in [6, 6.07) is 0. The number of hydrogen-bond acceptors (Lipinski definition) is 1. The normalized spacial score (nSPS) is 22.9. The van der Waals surface area contributed by atoms with Gasteiger partial charge in [0.05, 0.1) is 0 Å². The zero-order valence-electron chi connectivity index (χ0n) is 7.90. The fraction of sp³-hybridized carbons (Fsp3) is 1.00. The lowest BCUT2D eigenvalue weighted by atomic mass is 9.80. The average molecular weight is 155 g/mol. The molecule has 1 saturated carbocycles. The monoisotopic (exact) mass is 155 g/mol. The Labute approximate surface area is 70.4 Å². The number of nitrogens with two attached hydrogens (primary N) is 1. The Bertz CT molecular complexity index is 110. The van der Waals surface area contributed by atoms with E-state index in [9.17, 15) is 0 Å². The summed E-state index contributed by atoms with van der Waals surface area (Å²) in [5.41, 5.74) is 6.54. The first-order valence-electron chi connectivity index (χ1n) is 5.02. The molecule has 0 atom stereocenters. The van der Waals surface area contributed by atoms with E-state index in [1.54, 1.807) is 0 Å². The number of rotatable bonds is 3. The third kappa shape index (κ3) is 1.76. The Hall–Kier alpha value is -0.0400. The largest absolute Gasteiger partial charge is 0.325 e. The lowest BCUT2D eigenvalue weighted by molar-refractivity contribution is 0.260. The van der Waals surface area contributed by atoms with Gasteiger partial charge in [-0.3, -0.25) is 0 Å². The van der Waals surface area contributed by atoms with Crippen LogP contribution in [-0.2, 0) is 0 Å². The van der Waals surface area contributed by atoms with Crippen molar-refractivity contribution < 1.29 is 0 Å². The standard InChI is InChI=1S/C10H21N/c1-3-9(4-2)10(11)7-5-6-8-10/h9H,3-8,11H2,1-2H3. The summed E-state index contributed by atoms with van der Waals surface area (Å²) < 4.78 is 0. The Morgan fingerprint density at radius 2 is 1.64 bits per heavy atom. The smallest absolute Gasteiger partial charge is 0.0182 e. The Kier molecular flexibility index (Phi) is 2.94. The van der Waals surface area contributed by atoms with Gasteiger partial charge in [0.15, 0.2) is 0 Å². The van der Waals surface area contributed by atoms with Crippen molar-refractivity contribution in [2.24, 2.45) is 11.7 Å². The van der Waals surface area contributed by atoms with Crippen molar-refractivity contribution in [1.82, 2.24) is 0 Å². The van der Waals surface area contributed by atoms with Crippen molar-refractivity contribution in [3.05, 3.63) is 0 Å². The van der Waals surface area contributed by atoms with Gasteiger partial charge in [0, 0.05) is 5.54 Å². The molecule has 11 heavy (non-hydrogen) atoms. The molecule has 0 aromatic rings. The molecule has 0 spiro atoms. The third-order valence-electron chi connectivity index (χ3n) is 3.33. The molecular formula is C10H21N. The van der Waals surface area contributed by atoms with Gasteiger partial charge in [0.25, 0.3) is 0 Å². The Balaban J connectivity index is 2.53. The molecule has 0 aromatic carbocycles. The molecule has 0 amide bonds. The van der Waals surface area contributed by atoms with E-state index < -0.39 is 0 Å². The van der Waals surface area contributed by atoms with Crippen LogP contribution in [0.15, 0.2) is 0 Å². The topological polar surface area (TPSA) is 26.0 Å². The van der Waals surface area contributed by atoms with Crippen molar-refractivity contribution in [2.75, 3.05) is 0 Å². The minimum absolute atomic E-state index is 0.212. The zero-order valence-corrected chi connectivity index (χ0v) is 7.90. The summed E-state index contributed by atoms with van der Waals surface area (Å²) in [7, 11) is 0. The predicted octanol–water partition coefficient (Wildman–Crippen LogP) is 2.69. The van der Waals surface area contributed by atoms with Gasteiger partial charge in [-0.1, -0.05) is 39.5 Å². The summed E-state index contributed by atoms with van der Waals surface area (Å²) in [5, 5.41) is 0. The van der Waals surface area contributed by atoms with Gasteiger partial charge in [0.2, 0.25) is 0 Å². The Morgan fingerprint density at radius 1 is 1.18 bits per heavy atom. The summed E-state index contributed by atoms with van der Waals surface area (Å²) in [4.78, 5) is 0. The highest BCUT2D eigenvalue weighted by Gasteiger charge is 2.35. The molecule has 0 heterocycles. The second kappa shape index (κ2) is 3.57. The first-order chi connectivity index (χ1) is 5.23. The SMILES string of the molecule is CCC(CC)C1(N)CCCC1. The van der Waals surface area contributed by atoms with Gasteiger partial charge < -0.3 is 5.73 Å². The van der Waals surface area contributed by atoms with Gasteiger partial charge in [-0.2, -0.15) is 0 Å². The van der Waals surface area contributed by atoms with Gasteiger partial charge >= 0.3 is 0 Å². The van der Waals surface area contributed by atoms with Crippen LogP contribution in [0, 0.1) is 5.92 Å². The van der Waals surface area contributed by atoms with Crippen LogP contribution in [0.1, 0.15) is 52.4 Å². The van der Waals surface area contributed by atoms with Crippen LogP contribution in [0.3, 0.4) is 0 Å². The minimum Gasteiger partial charge on any atom is -0.325 e.